The first-order valence-electron chi connectivity index (χ1n) is 7.90. The maximum absolute atomic E-state index is 11.1. The number of hydrogen-bond donors (Lipinski definition) is 3. The molecule has 0 radical (unpaired) electrons. The number of aliphatic hydroxyl groups is 2. The zero-order chi connectivity index (χ0) is 14.3. The van der Waals surface area contributed by atoms with Crippen LogP contribution >= 0.6 is 0 Å². The minimum Gasteiger partial charge on any atom is -1.00 e. The van der Waals surface area contributed by atoms with Gasteiger partial charge in [-0.25, -0.2) is 10.1 Å². The highest BCUT2D eigenvalue weighted by Gasteiger charge is 2.09. The highest BCUT2D eigenvalue weighted by atomic mass is 35.5. The summed E-state index contributed by atoms with van der Waals surface area (Å²) >= 11 is 0. The zero-order valence-electron chi connectivity index (χ0n) is 12.8. The third-order valence-corrected chi connectivity index (χ3v) is 3.36. The molecule has 4 N–H and O–H groups in total. The van der Waals surface area contributed by atoms with E-state index >= 15 is 0 Å². The van der Waals surface area contributed by atoms with E-state index in [0.29, 0.717) is 6.42 Å². The molecule has 0 rings (SSSR count). The Morgan fingerprint density at radius 3 is 1.65 bits per heavy atom. The number of carbonyl (C=O) groups is 1. The lowest BCUT2D eigenvalue weighted by Crippen LogP contribution is -3.00. The molecule has 0 atom stereocenters. The lowest BCUT2D eigenvalue weighted by atomic mass is 10.1. The Balaban J connectivity index is 0. The predicted molar refractivity (Wildman–Crippen MR) is 76.2 cm³/mol. The molecule has 0 saturated carbocycles. The number of halogens is 1. The van der Waals surface area contributed by atoms with Gasteiger partial charge in [-0.2, -0.15) is 0 Å². The van der Waals surface area contributed by atoms with Crippen molar-refractivity contribution in [2.75, 3.05) is 0 Å². The van der Waals surface area contributed by atoms with E-state index in [2.05, 4.69) is 6.92 Å². The molecule has 4 nitrogen and oxygen atoms in total. The van der Waals surface area contributed by atoms with Crippen molar-refractivity contribution in [3.8, 4) is 0 Å². The maximum Gasteiger partial charge on any atom is 0.314 e. The minimum absolute atomic E-state index is 0. The second kappa shape index (κ2) is 16.9. The minimum atomic E-state index is -1.60. The van der Waals surface area contributed by atoms with Crippen LogP contribution in [0, 0.1) is 0 Å². The van der Waals surface area contributed by atoms with Gasteiger partial charge in [-0.15, -0.1) is 0 Å². The van der Waals surface area contributed by atoms with E-state index in [0.717, 1.165) is 18.2 Å². The van der Waals surface area contributed by atoms with Gasteiger partial charge in [0.15, 0.2) is 0 Å². The summed E-state index contributed by atoms with van der Waals surface area (Å²) in [5.74, 6) is -0.161. The molecule has 0 aromatic rings. The second-order valence-electron chi connectivity index (χ2n) is 5.33. The fraction of sp³-hybridized carbons (Fsp3) is 0.933. The van der Waals surface area contributed by atoms with Gasteiger partial charge in [0, 0.05) is 0 Å². The van der Waals surface area contributed by atoms with Crippen LogP contribution in [0.15, 0.2) is 0 Å². The molecule has 0 unspecified atom stereocenters. The summed E-state index contributed by atoms with van der Waals surface area (Å²) in [6, 6.07) is 0. The van der Waals surface area contributed by atoms with E-state index in [-0.39, 0.29) is 18.3 Å². The molecular formula is C15H32ClNO3. The van der Waals surface area contributed by atoms with Crippen molar-refractivity contribution in [3.05, 3.63) is 0 Å². The predicted octanol–water partition coefficient (Wildman–Crippen LogP) is -0.950. The Morgan fingerprint density at radius 1 is 0.850 bits per heavy atom. The van der Waals surface area contributed by atoms with E-state index < -0.39 is 6.41 Å². The van der Waals surface area contributed by atoms with E-state index in [1.807, 2.05) is 0 Å². The molecule has 0 aliphatic rings. The van der Waals surface area contributed by atoms with Crippen LogP contribution in [0.1, 0.15) is 84.0 Å². The number of rotatable bonds is 13. The maximum atomic E-state index is 11.1. The van der Waals surface area contributed by atoms with Crippen LogP contribution in [-0.2, 0) is 4.79 Å². The molecule has 0 spiro atoms. The van der Waals surface area contributed by atoms with Crippen LogP contribution in [0.2, 0.25) is 0 Å². The number of unbranched alkanes of at least 4 members (excludes halogenated alkanes) is 10. The summed E-state index contributed by atoms with van der Waals surface area (Å²) in [5.41, 5.74) is 0. The molecule has 0 heterocycles. The van der Waals surface area contributed by atoms with Crippen LogP contribution in [0.25, 0.3) is 0 Å². The SMILES string of the molecule is CCCCCCCCCCCCCC(=O)[NH2+]C(O)O.[Cl-]. The second-order valence-corrected chi connectivity index (χ2v) is 5.33. The average molecular weight is 310 g/mol. The highest BCUT2D eigenvalue weighted by Crippen LogP contribution is 2.11. The van der Waals surface area contributed by atoms with Gasteiger partial charge in [-0.05, 0) is 6.42 Å². The smallest absolute Gasteiger partial charge is 0.314 e. The first-order chi connectivity index (χ1) is 9.16. The van der Waals surface area contributed by atoms with Crippen molar-refractivity contribution in [2.45, 2.75) is 90.4 Å². The number of carbonyl (C=O) groups excluding carboxylic acids is 1. The monoisotopic (exact) mass is 309 g/mol. The van der Waals surface area contributed by atoms with Gasteiger partial charge in [-0.1, -0.05) is 71.1 Å². The molecular weight excluding hydrogens is 278 g/mol. The summed E-state index contributed by atoms with van der Waals surface area (Å²) in [7, 11) is 0. The molecule has 0 aromatic heterocycles. The molecule has 0 aliphatic heterocycles. The van der Waals surface area contributed by atoms with E-state index in [1.165, 1.54) is 57.8 Å². The van der Waals surface area contributed by atoms with Crippen LogP contribution in [0.5, 0.6) is 0 Å². The van der Waals surface area contributed by atoms with Crippen LogP contribution in [0.4, 0.5) is 0 Å². The van der Waals surface area contributed by atoms with Gasteiger partial charge in [0.25, 0.3) is 0 Å². The molecule has 1 amide bonds. The largest absolute Gasteiger partial charge is 1.00 e. The lowest BCUT2D eigenvalue weighted by molar-refractivity contribution is -0.690. The zero-order valence-corrected chi connectivity index (χ0v) is 13.6. The summed E-state index contributed by atoms with van der Waals surface area (Å²) < 4.78 is 0. The molecule has 0 saturated heterocycles. The first kappa shape index (κ1) is 22.1. The van der Waals surface area contributed by atoms with Gasteiger partial charge in [-0.3, -0.25) is 0 Å². The summed E-state index contributed by atoms with van der Waals surface area (Å²) in [5, 5.41) is 18.1. The molecule has 5 heteroatoms. The first-order valence-corrected chi connectivity index (χ1v) is 7.90. The van der Waals surface area contributed by atoms with Gasteiger partial charge in [0.1, 0.15) is 0 Å². The Labute approximate surface area is 129 Å². The van der Waals surface area contributed by atoms with Crippen molar-refractivity contribution >= 4 is 5.91 Å². The summed E-state index contributed by atoms with van der Waals surface area (Å²) in [4.78, 5) is 11.1. The van der Waals surface area contributed by atoms with Gasteiger partial charge in [0.05, 0.1) is 6.42 Å². The van der Waals surface area contributed by atoms with Crippen molar-refractivity contribution < 1.29 is 32.7 Å². The van der Waals surface area contributed by atoms with Gasteiger partial charge >= 0.3 is 12.3 Å². The number of hydrogen-bond acceptors (Lipinski definition) is 3. The normalized spacial score (nSPS) is 10.6. The fourth-order valence-corrected chi connectivity index (χ4v) is 2.21. The Bertz CT molecular complexity index is 213. The Hall–Kier alpha value is -0.160. The van der Waals surface area contributed by atoms with Crippen LogP contribution in [-0.4, -0.2) is 22.5 Å². The van der Waals surface area contributed by atoms with Gasteiger partial charge < -0.3 is 22.6 Å². The van der Waals surface area contributed by atoms with Crippen LogP contribution < -0.4 is 17.7 Å². The third kappa shape index (κ3) is 17.8. The number of aliphatic hydroxyl groups excluding tert-OH is 1. The van der Waals surface area contributed by atoms with E-state index in [9.17, 15) is 4.79 Å². The van der Waals surface area contributed by atoms with Gasteiger partial charge in [0.2, 0.25) is 0 Å². The number of amides is 1. The summed E-state index contributed by atoms with van der Waals surface area (Å²) in [6.07, 6.45) is 12.7. The topological polar surface area (TPSA) is 74.1 Å². The molecule has 0 aromatic carbocycles. The quantitative estimate of drug-likeness (QED) is 0.303. The standard InChI is InChI=1S/C15H31NO3.ClH/c1-2-3-4-5-6-7-8-9-10-11-12-13-14(17)16-15(18)19;/h15,18-19H,2-13H2,1H3,(H,16,17);1H. The van der Waals surface area contributed by atoms with Crippen molar-refractivity contribution in [1.82, 2.24) is 0 Å². The number of primary amides is 1. The van der Waals surface area contributed by atoms with E-state index in [1.54, 1.807) is 0 Å². The molecule has 0 fully saturated rings. The number of quaternary nitrogens is 1. The fourth-order valence-electron chi connectivity index (χ4n) is 2.21. The molecule has 122 valence electrons. The van der Waals surface area contributed by atoms with E-state index in [4.69, 9.17) is 10.2 Å². The van der Waals surface area contributed by atoms with Crippen molar-refractivity contribution in [3.63, 3.8) is 0 Å². The molecule has 0 aliphatic carbocycles. The number of nitrogens with two attached hydrogens (primary N) is 1. The average Bonchev–Trinajstić information content (AvgIpc) is 2.35. The third-order valence-electron chi connectivity index (χ3n) is 3.36. The van der Waals surface area contributed by atoms with Crippen molar-refractivity contribution in [1.29, 1.82) is 0 Å². The van der Waals surface area contributed by atoms with Crippen molar-refractivity contribution in [2.24, 2.45) is 0 Å². The van der Waals surface area contributed by atoms with Crippen LogP contribution in [0.3, 0.4) is 0 Å². The Kier molecular flexibility index (Phi) is 18.7. The lowest BCUT2D eigenvalue weighted by Gasteiger charge is -2.03. The summed E-state index contributed by atoms with van der Waals surface area (Å²) in [6.45, 7) is 2.24. The Morgan fingerprint density at radius 2 is 1.25 bits per heavy atom. The molecule has 0 bridgehead atoms. The molecule has 20 heavy (non-hydrogen) atoms. The highest BCUT2D eigenvalue weighted by molar-refractivity contribution is 5.65.